The van der Waals surface area contributed by atoms with Crippen molar-refractivity contribution in [2.75, 3.05) is 19.6 Å². The fourth-order valence-electron chi connectivity index (χ4n) is 2.78. The van der Waals surface area contributed by atoms with E-state index in [0.29, 0.717) is 0 Å². The van der Waals surface area contributed by atoms with Gasteiger partial charge in [0.1, 0.15) is 0 Å². The third-order valence-electron chi connectivity index (χ3n) is 4.12. The molecule has 2 aliphatic rings. The number of carbonyl (C=O) groups is 1. The number of hydrogen-bond acceptors (Lipinski definition) is 2. The molecule has 0 aromatic carbocycles. The Morgan fingerprint density at radius 3 is 2.27 bits per heavy atom. The third-order valence-corrected chi connectivity index (χ3v) is 4.12. The van der Waals surface area contributed by atoms with Crippen molar-refractivity contribution in [3.05, 3.63) is 0 Å². The monoisotopic (exact) mass is 211 g/mol. The Kier molecular flexibility index (Phi) is 3.29. The lowest BCUT2D eigenvalue weighted by atomic mass is 9.71. The number of hydrogen-bond donors (Lipinski definition) is 1. The van der Waals surface area contributed by atoms with E-state index in [0.717, 1.165) is 38.6 Å². The Hall–Kier alpha value is -0.570. The summed E-state index contributed by atoms with van der Waals surface area (Å²) in [5.41, 5.74) is -0.381. The second-order valence-corrected chi connectivity index (χ2v) is 5.09. The smallest absolute Gasteiger partial charge is 0.309 e. The molecule has 0 amide bonds. The Bertz CT molecular complexity index is 230. The van der Waals surface area contributed by atoms with Gasteiger partial charge in [0, 0.05) is 0 Å². The van der Waals surface area contributed by atoms with Crippen molar-refractivity contribution in [3.63, 3.8) is 0 Å². The average molecular weight is 211 g/mol. The molecule has 1 saturated carbocycles. The van der Waals surface area contributed by atoms with E-state index in [-0.39, 0.29) is 5.41 Å². The zero-order valence-electron chi connectivity index (χ0n) is 9.37. The van der Waals surface area contributed by atoms with Crippen LogP contribution in [0.3, 0.4) is 0 Å². The van der Waals surface area contributed by atoms with Gasteiger partial charge in [-0.1, -0.05) is 19.3 Å². The summed E-state index contributed by atoms with van der Waals surface area (Å²) in [6.45, 7) is 3.34. The average Bonchev–Trinajstić information content (AvgIpc) is 2.16. The zero-order valence-corrected chi connectivity index (χ0v) is 9.37. The fourth-order valence-corrected chi connectivity index (χ4v) is 2.78. The van der Waals surface area contributed by atoms with E-state index in [4.69, 9.17) is 0 Å². The van der Waals surface area contributed by atoms with E-state index < -0.39 is 5.97 Å². The normalized spacial score (nSPS) is 25.9. The highest BCUT2D eigenvalue weighted by Gasteiger charge is 2.39. The van der Waals surface area contributed by atoms with Gasteiger partial charge in [-0.3, -0.25) is 4.79 Å². The Balaban J connectivity index is 1.88. The van der Waals surface area contributed by atoms with Gasteiger partial charge in [0.2, 0.25) is 0 Å². The predicted molar refractivity (Wildman–Crippen MR) is 58.8 cm³/mol. The molecule has 0 unspecified atom stereocenters. The molecule has 1 aliphatic carbocycles. The van der Waals surface area contributed by atoms with Gasteiger partial charge in [-0.25, -0.2) is 0 Å². The molecule has 86 valence electrons. The van der Waals surface area contributed by atoms with Gasteiger partial charge in [-0.2, -0.15) is 0 Å². The molecular formula is C12H21NO2. The van der Waals surface area contributed by atoms with Gasteiger partial charge in [0.15, 0.2) is 0 Å². The number of carboxylic acid groups (broad SMARTS) is 1. The molecule has 2 fully saturated rings. The van der Waals surface area contributed by atoms with Crippen LogP contribution in [0.4, 0.5) is 0 Å². The minimum atomic E-state index is -0.553. The number of likely N-dealkylation sites (tertiary alicyclic amines) is 1. The van der Waals surface area contributed by atoms with Gasteiger partial charge < -0.3 is 10.0 Å². The summed E-state index contributed by atoms with van der Waals surface area (Å²) in [4.78, 5) is 13.8. The van der Waals surface area contributed by atoms with Crippen molar-refractivity contribution in [2.24, 2.45) is 5.41 Å². The molecule has 0 aromatic heterocycles. The van der Waals surface area contributed by atoms with Gasteiger partial charge in [-0.05, 0) is 45.3 Å². The van der Waals surface area contributed by atoms with E-state index in [2.05, 4.69) is 4.90 Å². The number of nitrogens with zero attached hydrogens (tertiary/aromatic N) is 1. The second kappa shape index (κ2) is 4.52. The van der Waals surface area contributed by atoms with Crippen LogP contribution in [0.1, 0.15) is 44.9 Å². The molecule has 0 spiro atoms. The highest BCUT2D eigenvalue weighted by molar-refractivity contribution is 5.74. The Morgan fingerprint density at radius 1 is 1.13 bits per heavy atom. The molecule has 3 nitrogen and oxygen atoms in total. The quantitative estimate of drug-likeness (QED) is 0.774. The molecule has 3 heteroatoms. The van der Waals surface area contributed by atoms with Crippen molar-refractivity contribution in [1.82, 2.24) is 4.90 Å². The van der Waals surface area contributed by atoms with Crippen LogP contribution in [0.15, 0.2) is 0 Å². The van der Waals surface area contributed by atoms with Crippen LogP contribution < -0.4 is 0 Å². The van der Waals surface area contributed by atoms with E-state index in [9.17, 15) is 9.90 Å². The predicted octanol–water partition coefficient (Wildman–Crippen LogP) is 2.12. The van der Waals surface area contributed by atoms with Crippen LogP contribution in [-0.2, 0) is 4.79 Å². The van der Waals surface area contributed by atoms with E-state index in [1.54, 1.807) is 0 Å². The topological polar surface area (TPSA) is 40.5 Å². The molecule has 0 radical (unpaired) electrons. The summed E-state index contributed by atoms with van der Waals surface area (Å²) in [5.74, 6) is -0.553. The van der Waals surface area contributed by atoms with Crippen LogP contribution in [0.2, 0.25) is 0 Å². The SMILES string of the molecule is O=C(O)C1(CCN2CCC2)CCCCC1. The molecule has 1 N–H and O–H groups in total. The summed E-state index contributed by atoms with van der Waals surface area (Å²) in [6, 6.07) is 0. The van der Waals surface area contributed by atoms with Crippen molar-refractivity contribution >= 4 is 5.97 Å². The summed E-state index contributed by atoms with van der Waals surface area (Å²) in [5, 5.41) is 9.37. The first-order valence-electron chi connectivity index (χ1n) is 6.19. The molecular weight excluding hydrogens is 190 g/mol. The van der Waals surface area contributed by atoms with Crippen LogP contribution in [0.25, 0.3) is 0 Å². The van der Waals surface area contributed by atoms with Crippen LogP contribution in [0.5, 0.6) is 0 Å². The van der Waals surface area contributed by atoms with Crippen molar-refractivity contribution in [2.45, 2.75) is 44.9 Å². The van der Waals surface area contributed by atoms with Gasteiger partial charge in [0.25, 0.3) is 0 Å². The Labute approximate surface area is 91.5 Å². The summed E-state index contributed by atoms with van der Waals surface area (Å²) < 4.78 is 0. The summed E-state index contributed by atoms with van der Waals surface area (Å²) in [6.07, 6.45) is 7.38. The molecule has 15 heavy (non-hydrogen) atoms. The molecule has 2 rings (SSSR count). The molecule has 1 heterocycles. The van der Waals surface area contributed by atoms with E-state index >= 15 is 0 Å². The zero-order chi connectivity index (χ0) is 10.7. The molecule has 1 aliphatic heterocycles. The largest absolute Gasteiger partial charge is 0.481 e. The highest BCUT2D eigenvalue weighted by atomic mass is 16.4. The van der Waals surface area contributed by atoms with E-state index in [1.807, 2.05) is 0 Å². The first-order chi connectivity index (χ1) is 7.23. The summed E-state index contributed by atoms with van der Waals surface area (Å²) in [7, 11) is 0. The Morgan fingerprint density at radius 2 is 1.80 bits per heavy atom. The van der Waals surface area contributed by atoms with Gasteiger partial charge in [-0.15, -0.1) is 0 Å². The van der Waals surface area contributed by atoms with Crippen molar-refractivity contribution in [3.8, 4) is 0 Å². The second-order valence-electron chi connectivity index (χ2n) is 5.09. The standard InChI is InChI=1S/C12H21NO2/c14-11(15)12(5-2-1-3-6-12)7-10-13-8-4-9-13/h1-10H2,(H,14,15). The maximum absolute atomic E-state index is 11.4. The molecule has 0 aromatic rings. The van der Waals surface area contributed by atoms with Gasteiger partial charge >= 0.3 is 5.97 Å². The minimum absolute atomic E-state index is 0.381. The number of carboxylic acids is 1. The lowest BCUT2D eigenvalue weighted by molar-refractivity contribution is -0.152. The highest BCUT2D eigenvalue weighted by Crippen LogP contribution is 2.39. The lowest BCUT2D eigenvalue weighted by Crippen LogP contribution is -2.42. The lowest BCUT2D eigenvalue weighted by Gasteiger charge is -2.37. The number of aliphatic carboxylic acids is 1. The fraction of sp³-hybridized carbons (Fsp3) is 0.917. The van der Waals surface area contributed by atoms with Crippen LogP contribution >= 0.6 is 0 Å². The maximum atomic E-state index is 11.4. The van der Waals surface area contributed by atoms with Crippen LogP contribution in [0, 0.1) is 5.41 Å². The molecule has 0 bridgehead atoms. The third kappa shape index (κ3) is 2.33. The van der Waals surface area contributed by atoms with Crippen molar-refractivity contribution in [1.29, 1.82) is 0 Å². The first kappa shape index (κ1) is 10.9. The first-order valence-corrected chi connectivity index (χ1v) is 6.19. The van der Waals surface area contributed by atoms with E-state index in [1.165, 1.54) is 25.9 Å². The summed E-state index contributed by atoms with van der Waals surface area (Å²) >= 11 is 0. The molecule has 1 saturated heterocycles. The molecule has 0 atom stereocenters. The van der Waals surface area contributed by atoms with Crippen molar-refractivity contribution < 1.29 is 9.90 Å². The van der Waals surface area contributed by atoms with Gasteiger partial charge in [0.05, 0.1) is 5.41 Å². The number of rotatable bonds is 4. The maximum Gasteiger partial charge on any atom is 0.309 e. The minimum Gasteiger partial charge on any atom is -0.481 e. The van der Waals surface area contributed by atoms with Crippen LogP contribution in [-0.4, -0.2) is 35.6 Å².